The Morgan fingerprint density at radius 3 is 3.12 bits per heavy atom. The van der Waals surface area contributed by atoms with Crippen LogP contribution in [0, 0.1) is 0 Å². The second-order valence-corrected chi connectivity index (χ2v) is 5.32. The van der Waals surface area contributed by atoms with E-state index < -0.39 is 5.97 Å². The summed E-state index contributed by atoms with van der Waals surface area (Å²) >= 11 is 1.90. The van der Waals surface area contributed by atoms with Crippen LogP contribution in [0.4, 0.5) is 0 Å². The molecule has 0 saturated heterocycles. The van der Waals surface area contributed by atoms with Crippen LogP contribution in [-0.4, -0.2) is 23.4 Å². The van der Waals surface area contributed by atoms with E-state index in [1.807, 2.05) is 11.8 Å². The number of hydrogen-bond donors (Lipinski definition) is 2. The van der Waals surface area contributed by atoms with Crippen LogP contribution in [0.1, 0.15) is 30.9 Å². The quantitative estimate of drug-likeness (QED) is 0.790. The van der Waals surface area contributed by atoms with E-state index in [0.717, 1.165) is 18.7 Å². The van der Waals surface area contributed by atoms with E-state index in [2.05, 4.69) is 29.6 Å². The summed E-state index contributed by atoms with van der Waals surface area (Å²) in [6.45, 7) is 0.774. The van der Waals surface area contributed by atoms with Gasteiger partial charge in [-0.3, -0.25) is 4.79 Å². The maximum absolute atomic E-state index is 10.4. The SMILES string of the molecule is O=C(O)CCCNC1CCSc2ccccc21. The van der Waals surface area contributed by atoms with E-state index in [-0.39, 0.29) is 6.42 Å². The third-order valence-electron chi connectivity index (χ3n) is 2.92. The second-order valence-electron chi connectivity index (χ2n) is 4.18. The summed E-state index contributed by atoms with van der Waals surface area (Å²) < 4.78 is 0. The predicted octanol–water partition coefficient (Wildman–Crippen LogP) is 2.68. The highest BCUT2D eigenvalue weighted by Crippen LogP contribution is 2.35. The number of hydrogen-bond acceptors (Lipinski definition) is 3. The molecule has 1 aliphatic heterocycles. The monoisotopic (exact) mass is 251 g/mol. The zero-order chi connectivity index (χ0) is 12.1. The molecule has 1 atom stereocenters. The molecule has 1 heterocycles. The van der Waals surface area contributed by atoms with Gasteiger partial charge in [-0.1, -0.05) is 18.2 Å². The van der Waals surface area contributed by atoms with Gasteiger partial charge in [-0.25, -0.2) is 0 Å². The highest BCUT2D eigenvalue weighted by molar-refractivity contribution is 7.99. The number of fused-ring (bicyclic) bond motifs is 1. The maximum atomic E-state index is 10.4. The predicted molar refractivity (Wildman–Crippen MR) is 69.4 cm³/mol. The van der Waals surface area contributed by atoms with Crippen molar-refractivity contribution in [2.24, 2.45) is 0 Å². The van der Waals surface area contributed by atoms with Gasteiger partial charge in [0.2, 0.25) is 0 Å². The lowest BCUT2D eigenvalue weighted by Gasteiger charge is -2.25. The number of aliphatic carboxylic acids is 1. The Labute approximate surface area is 106 Å². The summed E-state index contributed by atoms with van der Waals surface area (Å²) in [5, 5.41) is 12.0. The first-order valence-electron chi connectivity index (χ1n) is 5.94. The molecule has 1 aromatic rings. The van der Waals surface area contributed by atoms with E-state index in [1.54, 1.807) is 0 Å². The van der Waals surface area contributed by atoms with Crippen molar-refractivity contribution in [2.45, 2.75) is 30.2 Å². The number of carbonyl (C=O) groups is 1. The molecule has 92 valence electrons. The Kier molecular flexibility index (Phi) is 4.45. The first-order valence-corrected chi connectivity index (χ1v) is 6.93. The van der Waals surface area contributed by atoms with Crippen molar-refractivity contribution in [1.82, 2.24) is 5.32 Å². The van der Waals surface area contributed by atoms with Crippen molar-refractivity contribution in [3.63, 3.8) is 0 Å². The zero-order valence-corrected chi connectivity index (χ0v) is 10.5. The van der Waals surface area contributed by atoms with E-state index in [9.17, 15) is 4.79 Å². The summed E-state index contributed by atoms with van der Waals surface area (Å²) in [6.07, 6.45) is 2.06. The molecule has 1 aliphatic rings. The fraction of sp³-hybridized carbons (Fsp3) is 0.462. The Morgan fingerprint density at radius 1 is 1.47 bits per heavy atom. The molecular formula is C13H17NO2S. The summed E-state index contributed by atoms with van der Waals surface area (Å²) in [7, 11) is 0. The molecule has 0 amide bonds. The van der Waals surface area contributed by atoms with E-state index in [4.69, 9.17) is 5.11 Å². The lowest BCUT2D eigenvalue weighted by molar-refractivity contribution is -0.137. The lowest BCUT2D eigenvalue weighted by atomic mass is 10.0. The Hall–Kier alpha value is -1.00. The van der Waals surface area contributed by atoms with Crippen molar-refractivity contribution in [2.75, 3.05) is 12.3 Å². The van der Waals surface area contributed by atoms with Crippen LogP contribution < -0.4 is 5.32 Å². The maximum Gasteiger partial charge on any atom is 0.303 e. The smallest absolute Gasteiger partial charge is 0.303 e. The molecule has 2 rings (SSSR count). The minimum atomic E-state index is -0.716. The van der Waals surface area contributed by atoms with Crippen molar-refractivity contribution in [3.8, 4) is 0 Å². The van der Waals surface area contributed by atoms with Gasteiger partial charge in [0.05, 0.1) is 0 Å². The minimum absolute atomic E-state index is 0.246. The molecule has 0 radical (unpaired) electrons. The van der Waals surface area contributed by atoms with Crippen molar-refractivity contribution >= 4 is 17.7 Å². The highest BCUT2D eigenvalue weighted by Gasteiger charge is 2.19. The van der Waals surface area contributed by atoms with E-state index >= 15 is 0 Å². The normalized spacial score (nSPS) is 18.7. The Morgan fingerprint density at radius 2 is 2.29 bits per heavy atom. The molecule has 0 fully saturated rings. The molecule has 1 aromatic carbocycles. The molecule has 1 unspecified atom stereocenters. The fourth-order valence-electron chi connectivity index (χ4n) is 2.07. The van der Waals surface area contributed by atoms with Crippen LogP contribution in [-0.2, 0) is 4.79 Å². The first-order chi connectivity index (χ1) is 8.27. The molecule has 0 bridgehead atoms. The van der Waals surface area contributed by atoms with Gasteiger partial charge < -0.3 is 10.4 Å². The average Bonchev–Trinajstić information content (AvgIpc) is 2.34. The van der Waals surface area contributed by atoms with Gasteiger partial charge >= 0.3 is 5.97 Å². The lowest BCUT2D eigenvalue weighted by Crippen LogP contribution is -2.25. The third kappa shape index (κ3) is 3.48. The van der Waals surface area contributed by atoms with Crippen molar-refractivity contribution < 1.29 is 9.90 Å². The number of thioether (sulfide) groups is 1. The van der Waals surface area contributed by atoms with Gasteiger partial charge in [0, 0.05) is 17.4 Å². The number of benzene rings is 1. The summed E-state index contributed by atoms with van der Waals surface area (Å²) in [5.74, 6) is 0.416. The molecular weight excluding hydrogens is 234 g/mol. The summed E-state index contributed by atoms with van der Waals surface area (Å²) in [5.41, 5.74) is 1.36. The van der Waals surface area contributed by atoms with Gasteiger partial charge in [-0.05, 0) is 36.8 Å². The highest BCUT2D eigenvalue weighted by atomic mass is 32.2. The van der Waals surface area contributed by atoms with Gasteiger partial charge in [0.25, 0.3) is 0 Å². The topological polar surface area (TPSA) is 49.3 Å². The third-order valence-corrected chi connectivity index (χ3v) is 4.04. The van der Waals surface area contributed by atoms with Gasteiger partial charge in [-0.15, -0.1) is 11.8 Å². The Bertz CT molecular complexity index is 395. The summed E-state index contributed by atoms with van der Waals surface area (Å²) in [6, 6.07) is 8.85. The van der Waals surface area contributed by atoms with Crippen molar-refractivity contribution in [3.05, 3.63) is 29.8 Å². The molecule has 17 heavy (non-hydrogen) atoms. The number of rotatable bonds is 5. The molecule has 0 aliphatic carbocycles. The van der Waals surface area contributed by atoms with E-state index in [1.165, 1.54) is 10.5 Å². The molecule has 2 N–H and O–H groups in total. The van der Waals surface area contributed by atoms with Gasteiger partial charge in [0.1, 0.15) is 0 Å². The minimum Gasteiger partial charge on any atom is -0.481 e. The largest absolute Gasteiger partial charge is 0.481 e. The van der Waals surface area contributed by atoms with Gasteiger partial charge in [-0.2, -0.15) is 0 Å². The van der Waals surface area contributed by atoms with Gasteiger partial charge in [0.15, 0.2) is 0 Å². The first kappa shape index (κ1) is 12.5. The fourth-order valence-corrected chi connectivity index (χ4v) is 3.20. The number of carboxylic acid groups (broad SMARTS) is 1. The molecule has 0 saturated carbocycles. The van der Waals surface area contributed by atoms with Crippen molar-refractivity contribution in [1.29, 1.82) is 0 Å². The average molecular weight is 251 g/mol. The molecule has 0 aromatic heterocycles. The molecule has 3 nitrogen and oxygen atoms in total. The van der Waals surface area contributed by atoms with Crippen LogP contribution in [0.3, 0.4) is 0 Å². The van der Waals surface area contributed by atoms with Crippen LogP contribution >= 0.6 is 11.8 Å². The molecule has 0 spiro atoms. The van der Waals surface area contributed by atoms with Crippen LogP contribution in [0.2, 0.25) is 0 Å². The Balaban J connectivity index is 1.88. The number of carboxylic acids is 1. The zero-order valence-electron chi connectivity index (χ0n) is 9.69. The second kappa shape index (κ2) is 6.07. The van der Waals surface area contributed by atoms with Crippen LogP contribution in [0.25, 0.3) is 0 Å². The van der Waals surface area contributed by atoms with Crippen LogP contribution in [0.15, 0.2) is 29.2 Å². The summed E-state index contributed by atoms with van der Waals surface area (Å²) in [4.78, 5) is 11.8. The number of nitrogens with one attached hydrogen (secondary N) is 1. The standard InChI is InChI=1S/C13H17NO2S/c15-13(16)6-3-8-14-11-7-9-17-12-5-2-1-4-10(11)12/h1-2,4-5,11,14H,3,6-9H2,(H,15,16). The molecule has 4 heteroatoms. The van der Waals surface area contributed by atoms with Crippen LogP contribution in [0.5, 0.6) is 0 Å². The van der Waals surface area contributed by atoms with E-state index in [0.29, 0.717) is 12.5 Å².